The standard InChI is InChI=1S/C6H14N2.BrH/c1-6(2)5-7-3-4-8-6;/h7-8H,3-5H2,1-2H3;1H. The van der Waals surface area contributed by atoms with Crippen molar-refractivity contribution in [3.8, 4) is 0 Å². The third-order valence-corrected chi connectivity index (χ3v) is 1.60. The van der Waals surface area contributed by atoms with Gasteiger partial charge >= 0.3 is 0 Å². The minimum atomic E-state index is 0. The highest BCUT2D eigenvalue weighted by atomic mass is 79.9. The second kappa shape index (κ2) is 3.54. The number of hydrogen-bond acceptors (Lipinski definition) is 1. The van der Waals surface area contributed by atoms with Gasteiger partial charge in [-0.3, -0.25) is 0 Å². The van der Waals surface area contributed by atoms with Gasteiger partial charge in [0.2, 0.25) is 0 Å². The molecule has 3 heteroatoms. The predicted molar refractivity (Wildman–Crippen MR) is 33.7 cm³/mol. The molecule has 0 aliphatic carbocycles. The fourth-order valence-corrected chi connectivity index (χ4v) is 1.05. The first kappa shape index (κ1) is 9.40. The number of nitrogens with two attached hydrogens (primary N) is 1. The Balaban J connectivity index is 0.000000640. The highest BCUT2D eigenvalue weighted by Gasteiger charge is 2.22. The van der Waals surface area contributed by atoms with Crippen molar-refractivity contribution in [2.24, 2.45) is 0 Å². The summed E-state index contributed by atoms with van der Waals surface area (Å²) in [4.78, 5) is 0. The van der Waals surface area contributed by atoms with Crippen LogP contribution in [0.5, 0.6) is 0 Å². The van der Waals surface area contributed by atoms with Crippen LogP contribution in [0.4, 0.5) is 0 Å². The SMILES string of the molecule is CC1(C)CNCC[NH2+]1.[Br-]. The summed E-state index contributed by atoms with van der Waals surface area (Å²) in [6.07, 6.45) is 0. The van der Waals surface area contributed by atoms with E-state index in [2.05, 4.69) is 24.5 Å². The zero-order chi connectivity index (χ0) is 6.04. The quantitative estimate of drug-likeness (QED) is 0.404. The van der Waals surface area contributed by atoms with Crippen molar-refractivity contribution < 1.29 is 22.3 Å². The average molecular weight is 195 g/mol. The Hall–Kier alpha value is 0.400. The number of halogens is 1. The van der Waals surface area contributed by atoms with Crippen LogP contribution in [0.1, 0.15) is 13.8 Å². The van der Waals surface area contributed by atoms with Crippen LogP contribution < -0.4 is 27.6 Å². The fourth-order valence-electron chi connectivity index (χ4n) is 1.05. The van der Waals surface area contributed by atoms with Crippen molar-refractivity contribution in [3.63, 3.8) is 0 Å². The molecule has 0 amide bonds. The maximum atomic E-state index is 3.34. The van der Waals surface area contributed by atoms with Crippen molar-refractivity contribution >= 4 is 0 Å². The van der Waals surface area contributed by atoms with Crippen LogP contribution in [0.2, 0.25) is 0 Å². The summed E-state index contributed by atoms with van der Waals surface area (Å²) in [5.41, 5.74) is 0.443. The molecule has 1 aliphatic heterocycles. The summed E-state index contributed by atoms with van der Waals surface area (Å²) in [7, 11) is 0. The number of hydrogen-bond donors (Lipinski definition) is 2. The second-order valence-electron chi connectivity index (χ2n) is 3.16. The van der Waals surface area contributed by atoms with E-state index in [0.29, 0.717) is 5.54 Å². The molecule has 0 bridgehead atoms. The lowest BCUT2D eigenvalue weighted by Gasteiger charge is -2.27. The molecule has 0 spiro atoms. The Labute approximate surface area is 67.2 Å². The molecule has 0 aromatic rings. The van der Waals surface area contributed by atoms with Gasteiger partial charge in [0.15, 0.2) is 0 Å². The largest absolute Gasteiger partial charge is 1.00 e. The Morgan fingerprint density at radius 1 is 1.44 bits per heavy atom. The molecule has 2 nitrogen and oxygen atoms in total. The smallest absolute Gasteiger partial charge is 0.103 e. The molecule has 0 unspecified atom stereocenters. The molecule has 9 heavy (non-hydrogen) atoms. The molecule has 0 aromatic heterocycles. The van der Waals surface area contributed by atoms with Gasteiger partial charge in [0, 0.05) is 6.54 Å². The third-order valence-electron chi connectivity index (χ3n) is 1.60. The van der Waals surface area contributed by atoms with Gasteiger partial charge < -0.3 is 27.6 Å². The van der Waals surface area contributed by atoms with Gasteiger partial charge in [0.25, 0.3) is 0 Å². The Morgan fingerprint density at radius 3 is 2.33 bits per heavy atom. The van der Waals surface area contributed by atoms with Gasteiger partial charge in [-0.15, -0.1) is 0 Å². The highest BCUT2D eigenvalue weighted by Crippen LogP contribution is 1.92. The zero-order valence-electron chi connectivity index (χ0n) is 6.08. The van der Waals surface area contributed by atoms with Gasteiger partial charge in [0.1, 0.15) is 5.54 Å². The van der Waals surface area contributed by atoms with Crippen LogP contribution >= 0.6 is 0 Å². The topological polar surface area (TPSA) is 28.6 Å². The van der Waals surface area contributed by atoms with Gasteiger partial charge in [-0.2, -0.15) is 0 Å². The minimum absolute atomic E-state index is 0. The molecule has 0 radical (unpaired) electrons. The van der Waals surface area contributed by atoms with E-state index < -0.39 is 0 Å². The Kier molecular flexibility index (Phi) is 3.70. The molecule has 1 fully saturated rings. The van der Waals surface area contributed by atoms with Crippen molar-refractivity contribution in [2.75, 3.05) is 19.6 Å². The molecule has 1 heterocycles. The van der Waals surface area contributed by atoms with Crippen molar-refractivity contribution in [1.82, 2.24) is 5.32 Å². The molecule has 0 saturated carbocycles. The number of nitrogens with one attached hydrogen (secondary N) is 1. The second-order valence-corrected chi connectivity index (χ2v) is 3.16. The van der Waals surface area contributed by atoms with Crippen LogP contribution in [0, 0.1) is 0 Å². The highest BCUT2D eigenvalue weighted by molar-refractivity contribution is 4.70. The van der Waals surface area contributed by atoms with Crippen molar-refractivity contribution in [2.45, 2.75) is 19.4 Å². The van der Waals surface area contributed by atoms with Gasteiger partial charge in [-0.1, -0.05) is 0 Å². The number of rotatable bonds is 0. The van der Waals surface area contributed by atoms with Crippen molar-refractivity contribution in [1.29, 1.82) is 0 Å². The molecule has 1 rings (SSSR count). The van der Waals surface area contributed by atoms with Crippen LogP contribution in [-0.4, -0.2) is 25.2 Å². The van der Waals surface area contributed by atoms with E-state index in [1.54, 1.807) is 0 Å². The molecule has 0 aromatic carbocycles. The van der Waals surface area contributed by atoms with Crippen LogP contribution in [-0.2, 0) is 0 Å². The summed E-state index contributed by atoms with van der Waals surface area (Å²) >= 11 is 0. The lowest BCUT2D eigenvalue weighted by atomic mass is 10.0. The molecule has 1 saturated heterocycles. The minimum Gasteiger partial charge on any atom is -1.00 e. The van der Waals surface area contributed by atoms with E-state index in [1.165, 1.54) is 13.1 Å². The molecular formula is C6H15BrN2. The summed E-state index contributed by atoms with van der Waals surface area (Å²) in [5, 5.41) is 5.74. The van der Waals surface area contributed by atoms with Crippen LogP contribution in [0.15, 0.2) is 0 Å². The molecule has 56 valence electrons. The maximum Gasteiger partial charge on any atom is 0.103 e. The van der Waals surface area contributed by atoms with E-state index in [-0.39, 0.29) is 17.0 Å². The first-order valence-corrected chi connectivity index (χ1v) is 3.26. The zero-order valence-corrected chi connectivity index (χ0v) is 7.66. The van der Waals surface area contributed by atoms with Gasteiger partial charge in [0.05, 0.1) is 13.1 Å². The number of piperazine rings is 1. The molecule has 0 atom stereocenters. The van der Waals surface area contributed by atoms with E-state index >= 15 is 0 Å². The average Bonchev–Trinajstić information content (AvgIpc) is 1.65. The van der Waals surface area contributed by atoms with E-state index in [9.17, 15) is 0 Å². The number of quaternary nitrogens is 1. The Morgan fingerprint density at radius 2 is 2.11 bits per heavy atom. The lowest BCUT2D eigenvalue weighted by molar-refractivity contribution is -0.723. The van der Waals surface area contributed by atoms with Crippen molar-refractivity contribution in [3.05, 3.63) is 0 Å². The van der Waals surface area contributed by atoms with Gasteiger partial charge in [-0.25, -0.2) is 0 Å². The lowest BCUT2D eigenvalue weighted by Crippen LogP contribution is -3.00. The monoisotopic (exact) mass is 194 g/mol. The summed E-state index contributed by atoms with van der Waals surface area (Å²) in [5.74, 6) is 0. The first-order valence-electron chi connectivity index (χ1n) is 3.26. The van der Waals surface area contributed by atoms with Crippen LogP contribution in [0.3, 0.4) is 0 Å². The maximum absolute atomic E-state index is 3.34. The summed E-state index contributed by atoms with van der Waals surface area (Å²) < 4.78 is 0. The summed E-state index contributed by atoms with van der Waals surface area (Å²) in [6.45, 7) is 8.07. The van der Waals surface area contributed by atoms with E-state index in [1.807, 2.05) is 0 Å². The Bertz CT molecular complexity index is 75.1. The summed E-state index contributed by atoms with van der Waals surface area (Å²) in [6, 6.07) is 0. The van der Waals surface area contributed by atoms with E-state index in [4.69, 9.17) is 0 Å². The van der Waals surface area contributed by atoms with Crippen LogP contribution in [0.25, 0.3) is 0 Å². The fraction of sp³-hybridized carbons (Fsp3) is 1.00. The molecule has 3 N–H and O–H groups in total. The first-order chi connectivity index (χ1) is 3.71. The van der Waals surface area contributed by atoms with E-state index in [0.717, 1.165) is 6.54 Å². The predicted octanol–water partition coefficient (Wildman–Crippen LogP) is -4.06. The third kappa shape index (κ3) is 3.18. The molecular weight excluding hydrogens is 180 g/mol. The molecule has 1 aliphatic rings. The van der Waals surface area contributed by atoms with Gasteiger partial charge in [-0.05, 0) is 13.8 Å². The normalized spacial score (nSPS) is 24.7.